The summed E-state index contributed by atoms with van der Waals surface area (Å²) in [6.45, 7) is 0. The molecule has 0 radical (unpaired) electrons. The molecule has 0 spiro atoms. The number of fused-ring (bicyclic) bond motifs is 6. The number of rotatable bonds is 5. The van der Waals surface area contributed by atoms with Gasteiger partial charge in [-0.15, -0.1) is 0 Å². The Morgan fingerprint density at radius 2 is 0.679 bits per heavy atom. The predicted octanol–water partition coefficient (Wildman–Crippen LogP) is 14.0. The average molecular weight is 712 g/mol. The van der Waals surface area contributed by atoms with Crippen molar-refractivity contribution < 1.29 is 0 Å². The van der Waals surface area contributed by atoms with E-state index in [1.165, 1.54) is 38.1 Å². The molecule has 0 aliphatic rings. The molecule has 0 aliphatic heterocycles. The van der Waals surface area contributed by atoms with Gasteiger partial charge in [-0.3, -0.25) is 0 Å². The maximum absolute atomic E-state index is 5.22. The predicted molar refractivity (Wildman–Crippen MR) is 235 cm³/mol. The van der Waals surface area contributed by atoms with Gasteiger partial charge in [-0.05, 0) is 106 Å². The Morgan fingerprint density at radius 1 is 0.214 bits per heavy atom. The molecular weight excluding hydrogens is 679 g/mol. The van der Waals surface area contributed by atoms with Crippen molar-refractivity contribution in [3.05, 3.63) is 200 Å². The van der Waals surface area contributed by atoms with E-state index < -0.39 is 0 Å². The summed E-state index contributed by atoms with van der Waals surface area (Å²) in [6, 6.07) is 71.3. The lowest BCUT2D eigenvalue weighted by atomic mass is 9.95. The second-order valence-corrected chi connectivity index (χ2v) is 14.4. The summed E-state index contributed by atoms with van der Waals surface area (Å²) in [7, 11) is 0. The van der Waals surface area contributed by atoms with Crippen LogP contribution in [-0.2, 0) is 0 Å². The first kappa shape index (κ1) is 32.0. The molecule has 1 heterocycles. The summed E-state index contributed by atoms with van der Waals surface area (Å²) in [5, 5.41) is 11.9. The highest BCUT2D eigenvalue weighted by atomic mass is 15.0. The zero-order valence-electron chi connectivity index (χ0n) is 30.4. The van der Waals surface area contributed by atoms with E-state index >= 15 is 0 Å². The summed E-state index contributed by atoms with van der Waals surface area (Å²) in [6.07, 6.45) is 0. The third-order valence-corrected chi connectivity index (χ3v) is 11.0. The minimum Gasteiger partial charge on any atom is -0.208 e. The van der Waals surface area contributed by atoms with Crippen LogP contribution in [0.1, 0.15) is 0 Å². The summed E-state index contributed by atoms with van der Waals surface area (Å²) >= 11 is 0. The van der Waals surface area contributed by atoms with Gasteiger partial charge in [0.1, 0.15) is 0 Å². The second kappa shape index (κ2) is 13.1. The maximum atomic E-state index is 5.22. The van der Waals surface area contributed by atoms with Gasteiger partial charge in [0.05, 0.1) is 0 Å². The van der Waals surface area contributed by atoms with E-state index in [9.17, 15) is 0 Å². The van der Waals surface area contributed by atoms with E-state index in [-0.39, 0.29) is 0 Å². The molecule has 10 aromatic carbocycles. The van der Waals surface area contributed by atoms with Gasteiger partial charge in [-0.2, -0.15) is 0 Å². The van der Waals surface area contributed by atoms with Crippen molar-refractivity contribution in [1.82, 2.24) is 15.0 Å². The monoisotopic (exact) mass is 711 g/mol. The van der Waals surface area contributed by atoms with Crippen LogP contribution in [0.4, 0.5) is 0 Å². The fourth-order valence-corrected chi connectivity index (χ4v) is 8.23. The molecule has 0 saturated carbocycles. The lowest BCUT2D eigenvalue weighted by molar-refractivity contribution is 1.08. The smallest absolute Gasteiger partial charge is 0.164 e. The summed E-state index contributed by atoms with van der Waals surface area (Å²) in [4.78, 5) is 15.6. The molecule has 0 aliphatic carbocycles. The first-order valence-corrected chi connectivity index (χ1v) is 19.0. The Hall–Kier alpha value is -7.49. The standard InChI is InChI=1S/C53H33N3/c1-2-11-35(12-3-1)50-33-44(32-41-15-6-9-19-47(41)50)52-54-51(55-53(56-52)49-20-10-16-34-13-4-8-18-46(34)49)43-26-24-38-29-37(22-23-39(38)31-43)40-27-28-48-42(30-40)25-21-36-14-5-7-17-45(36)48/h1-33H. The fourth-order valence-electron chi connectivity index (χ4n) is 8.23. The molecule has 3 heteroatoms. The SMILES string of the molecule is c1ccc(-c2cc(-c3nc(-c4ccc5cc(-c6ccc7c(ccc8ccccc87)c6)ccc5c4)nc(-c4cccc5ccccc45)n3)cc3ccccc23)cc1. The Labute approximate surface area is 324 Å². The topological polar surface area (TPSA) is 38.7 Å². The van der Waals surface area contributed by atoms with Crippen LogP contribution in [0, 0.1) is 0 Å². The molecule has 0 unspecified atom stereocenters. The molecule has 0 N–H and O–H groups in total. The van der Waals surface area contributed by atoms with Crippen LogP contribution in [0.5, 0.6) is 0 Å². The van der Waals surface area contributed by atoms with Crippen LogP contribution >= 0.6 is 0 Å². The third kappa shape index (κ3) is 5.57. The van der Waals surface area contributed by atoms with Crippen molar-refractivity contribution in [2.24, 2.45) is 0 Å². The third-order valence-electron chi connectivity index (χ3n) is 11.0. The number of aromatic nitrogens is 3. The van der Waals surface area contributed by atoms with Crippen molar-refractivity contribution >= 4 is 53.9 Å². The highest BCUT2D eigenvalue weighted by Crippen LogP contribution is 2.37. The van der Waals surface area contributed by atoms with Crippen LogP contribution in [0.2, 0.25) is 0 Å². The van der Waals surface area contributed by atoms with Gasteiger partial charge in [-0.25, -0.2) is 15.0 Å². The Morgan fingerprint density at radius 3 is 1.46 bits per heavy atom. The van der Waals surface area contributed by atoms with Crippen LogP contribution in [0.3, 0.4) is 0 Å². The molecule has 260 valence electrons. The zero-order valence-corrected chi connectivity index (χ0v) is 30.4. The van der Waals surface area contributed by atoms with Crippen LogP contribution in [0.25, 0.3) is 110 Å². The van der Waals surface area contributed by atoms with Crippen molar-refractivity contribution in [3.8, 4) is 56.4 Å². The molecule has 11 rings (SSSR count). The fraction of sp³-hybridized carbons (Fsp3) is 0. The molecule has 3 nitrogen and oxygen atoms in total. The minimum absolute atomic E-state index is 0.639. The van der Waals surface area contributed by atoms with Gasteiger partial charge >= 0.3 is 0 Å². The summed E-state index contributed by atoms with van der Waals surface area (Å²) in [5.74, 6) is 1.93. The number of benzene rings is 10. The lowest BCUT2D eigenvalue weighted by Crippen LogP contribution is -2.01. The van der Waals surface area contributed by atoms with Crippen LogP contribution < -0.4 is 0 Å². The van der Waals surface area contributed by atoms with Gasteiger partial charge in [0.15, 0.2) is 17.5 Å². The highest BCUT2D eigenvalue weighted by Gasteiger charge is 2.17. The quantitative estimate of drug-likeness (QED) is 0.167. The van der Waals surface area contributed by atoms with E-state index in [4.69, 9.17) is 15.0 Å². The second-order valence-electron chi connectivity index (χ2n) is 14.4. The average Bonchev–Trinajstić information content (AvgIpc) is 3.28. The Kier molecular flexibility index (Phi) is 7.49. The molecule has 0 fully saturated rings. The van der Waals surface area contributed by atoms with Gasteiger partial charge in [-0.1, -0.05) is 170 Å². The van der Waals surface area contributed by atoms with Gasteiger partial charge in [0.2, 0.25) is 0 Å². The first-order chi connectivity index (χ1) is 27.7. The number of hydrogen-bond donors (Lipinski definition) is 0. The molecule has 56 heavy (non-hydrogen) atoms. The van der Waals surface area contributed by atoms with Gasteiger partial charge < -0.3 is 0 Å². The molecule has 1 aromatic heterocycles. The molecule has 11 aromatic rings. The molecule has 0 amide bonds. The van der Waals surface area contributed by atoms with Crippen molar-refractivity contribution in [2.45, 2.75) is 0 Å². The van der Waals surface area contributed by atoms with E-state index in [0.717, 1.165) is 54.7 Å². The van der Waals surface area contributed by atoms with Gasteiger partial charge in [0, 0.05) is 16.7 Å². The lowest BCUT2D eigenvalue weighted by Gasteiger charge is -2.13. The van der Waals surface area contributed by atoms with Crippen LogP contribution in [-0.4, -0.2) is 15.0 Å². The highest BCUT2D eigenvalue weighted by molar-refractivity contribution is 6.08. The maximum Gasteiger partial charge on any atom is 0.164 e. The number of nitrogens with zero attached hydrogens (tertiary/aromatic N) is 3. The van der Waals surface area contributed by atoms with Gasteiger partial charge in [0.25, 0.3) is 0 Å². The van der Waals surface area contributed by atoms with E-state index in [0.29, 0.717) is 17.5 Å². The minimum atomic E-state index is 0.639. The Bertz CT molecular complexity index is 3310. The molecule has 0 atom stereocenters. The zero-order chi connectivity index (χ0) is 37.0. The normalized spacial score (nSPS) is 11.6. The van der Waals surface area contributed by atoms with E-state index in [1.54, 1.807) is 0 Å². The van der Waals surface area contributed by atoms with E-state index in [1.807, 2.05) is 0 Å². The molecular formula is C53H33N3. The number of hydrogen-bond acceptors (Lipinski definition) is 3. The molecule has 0 bridgehead atoms. The van der Waals surface area contributed by atoms with Crippen molar-refractivity contribution in [2.75, 3.05) is 0 Å². The Balaban J connectivity index is 1.05. The summed E-state index contributed by atoms with van der Waals surface area (Å²) < 4.78 is 0. The largest absolute Gasteiger partial charge is 0.208 e. The van der Waals surface area contributed by atoms with Crippen molar-refractivity contribution in [3.63, 3.8) is 0 Å². The molecule has 0 saturated heterocycles. The summed E-state index contributed by atoms with van der Waals surface area (Å²) in [5.41, 5.74) is 7.55. The van der Waals surface area contributed by atoms with Crippen molar-refractivity contribution in [1.29, 1.82) is 0 Å². The van der Waals surface area contributed by atoms with Crippen LogP contribution in [0.15, 0.2) is 200 Å². The first-order valence-electron chi connectivity index (χ1n) is 19.0. The van der Waals surface area contributed by atoms with E-state index in [2.05, 4.69) is 200 Å².